The third-order valence-electron chi connectivity index (χ3n) is 5.17. The maximum absolute atomic E-state index is 13.1. The first kappa shape index (κ1) is 31.1. The fourth-order valence-electron chi connectivity index (χ4n) is 3.09. The normalized spacial score (nSPS) is 14.8. The fourth-order valence-corrected chi connectivity index (χ4v) is 3.09. The van der Waals surface area contributed by atoms with Crippen molar-refractivity contribution in [3.63, 3.8) is 0 Å². The van der Waals surface area contributed by atoms with Gasteiger partial charge >= 0.3 is 5.97 Å². The molecule has 0 aromatic rings. The van der Waals surface area contributed by atoms with Crippen LogP contribution in [0.5, 0.6) is 0 Å². The Bertz CT molecular complexity index is 720. The quantitative estimate of drug-likeness (QED) is 0.0888. The van der Waals surface area contributed by atoms with Gasteiger partial charge in [0.2, 0.25) is 17.7 Å². The number of carboxylic acids is 1. The predicted octanol–water partition coefficient (Wildman–Crippen LogP) is -0.736. The van der Waals surface area contributed by atoms with E-state index in [-0.39, 0.29) is 43.1 Å². The molecule has 4 atom stereocenters. The number of aliphatic imine (C=N–C) groups is 1. The number of hydrogen-bond acceptors (Lipinski definition) is 6. The second-order valence-electron chi connectivity index (χ2n) is 9.54. The van der Waals surface area contributed by atoms with Gasteiger partial charge in [0.15, 0.2) is 5.96 Å². The lowest BCUT2D eigenvalue weighted by Crippen LogP contribution is -2.58. The van der Waals surface area contributed by atoms with Crippen LogP contribution in [0.2, 0.25) is 0 Å². The summed E-state index contributed by atoms with van der Waals surface area (Å²) in [7, 11) is 0. The molecule has 0 heterocycles. The number of guanidine groups is 1. The summed E-state index contributed by atoms with van der Waals surface area (Å²) in [4.78, 5) is 53.8. The van der Waals surface area contributed by atoms with E-state index in [2.05, 4.69) is 20.9 Å². The fraction of sp³-hybridized carbons (Fsp3) is 0.773. The molecule has 196 valence electrons. The van der Waals surface area contributed by atoms with Gasteiger partial charge in [-0.3, -0.25) is 19.4 Å². The second-order valence-corrected chi connectivity index (χ2v) is 9.54. The zero-order chi connectivity index (χ0) is 26.6. The number of amides is 3. The van der Waals surface area contributed by atoms with Crippen molar-refractivity contribution in [2.24, 2.45) is 39.9 Å². The number of aliphatic carboxylic acids is 1. The molecule has 0 aromatic carbocycles. The van der Waals surface area contributed by atoms with Crippen LogP contribution in [0.15, 0.2) is 4.99 Å². The lowest BCUT2D eigenvalue weighted by atomic mass is 9.99. The summed E-state index contributed by atoms with van der Waals surface area (Å²) in [5.41, 5.74) is 16.5. The van der Waals surface area contributed by atoms with E-state index in [4.69, 9.17) is 17.2 Å². The van der Waals surface area contributed by atoms with Gasteiger partial charge in [-0.25, -0.2) is 4.79 Å². The molecule has 34 heavy (non-hydrogen) atoms. The first-order valence-electron chi connectivity index (χ1n) is 11.6. The average molecular weight is 486 g/mol. The molecule has 0 saturated carbocycles. The van der Waals surface area contributed by atoms with Crippen molar-refractivity contribution >= 4 is 29.7 Å². The topological polar surface area (TPSA) is 215 Å². The van der Waals surface area contributed by atoms with Crippen molar-refractivity contribution < 1.29 is 24.3 Å². The van der Waals surface area contributed by atoms with Crippen molar-refractivity contribution in [2.45, 2.75) is 85.0 Å². The van der Waals surface area contributed by atoms with Gasteiger partial charge in [0.25, 0.3) is 0 Å². The van der Waals surface area contributed by atoms with Crippen LogP contribution in [0.1, 0.15) is 60.8 Å². The molecule has 12 nitrogen and oxygen atoms in total. The van der Waals surface area contributed by atoms with Gasteiger partial charge in [-0.15, -0.1) is 0 Å². The molecule has 3 amide bonds. The summed E-state index contributed by atoms with van der Waals surface area (Å²) < 4.78 is 0. The molecule has 0 rings (SSSR count). The standard InChI is InChI=1S/C22H43N7O5/c1-11(2)10-15(21(33)34)28-20(32)17(13(5)6)29-18(30)14(8-7-9-26-22(24)25)27-19(31)16(23)12(3)4/h11-17H,7-10,23H2,1-6H3,(H,27,31)(H,28,32)(H,29,30)(H,33,34)(H4,24,25,26). The molecular weight excluding hydrogens is 442 g/mol. The number of rotatable bonds is 15. The summed E-state index contributed by atoms with van der Waals surface area (Å²) in [5.74, 6) is -3.36. The monoisotopic (exact) mass is 485 g/mol. The Hall–Kier alpha value is -2.89. The van der Waals surface area contributed by atoms with Crippen LogP contribution >= 0.6 is 0 Å². The number of hydrogen-bond donors (Lipinski definition) is 7. The van der Waals surface area contributed by atoms with Gasteiger partial charge in [0, 0.05) is 6.54 Å². The molecular formula is C22H43N7O5. The lowest BCUT2D eigenvalue weighted by Gasteiger charge is -2.27. The Balaban J connectivity index is 5.52. The van der Waals surface area contributed by atoms with Crippen LogP contribution in [-0.4, -0.2) is 65.5 Å². The number of nitrogens with one attached hydrogen (secondary N) is 3. The van der Waals surface area contributed by atoms with Crippen molar-refractivity contribution in [1.82, 2.24) is 16.0 Å². The van der Waals surface area contributed by atoms with Gasteiger partial charge < -0.3 is 38.3 Å². The van der Waals surface area contributed by atoms with Crippen molar-refractivity contribution in [2.75, 3.05) is 6.54 Å². The molecule has 12 heteroatoms. The van der Waals surface area contributed by atoms with Crippen LogP contribution in [-0.2, 0) is 19.2 Å². The van der Waals surface area contributed by atoms with E-state index < -0.39 is 47.9 Å². The molecule has 0 aliphatic heterocycles. The Morgan fingerprint density at radius 2 is 1.38 bits per heavy atom. The maximum Gasteiger partial charge on any atom is 0.326 e. The van der Waals surface area contributed by atoms with E-state index in [1.54, 1.807) is 27.7 Å². The number of carboxylic acid groups (broad SMARTS) is 1. The largest absolute Gasteiger partial charge is 0.480 e. The maximum atomic E-state index is 13.1. The molecule has 0 bridgehead atoms. The van der Waals surface area contributed by atoms with Crippen LogP contribution in [0.4, 0.5) is 0 Å². The zero-order valence-corrected chi connectivity index (χ0v) is 21.1. The Labute approximate surface area is 201 Å². The van der Waals surface area contributed by atoms with Gasteiger partial charge in [0.05, 0.1) is 6.04 Å². The smallest absolute Gasteiger partial charge is 0.326 e. The molecule has 0 spiro atoms. The summed E-state index contributed by atoms with van der Waals surface area (Å²) in [6.07, 6.45) is 0.842. The highest BCUT2D eigenvalue weighted by Crippen LogP contribution is 2.09. The number of carbonyl (C=O) groups is 4. The summed E-state index contributed by atoms with van der Waals surface area (Å²) in [6, 6.07) is -3.88. The minimum Gasteiger partial charge on any atom is -0.480 e. The number of carbonyl (C=O) groups excluding carboxylic acids is 3. The number of nitrogens with zero attached hydrogens (tertiary/aromatic N) is 1. The minimum atomic E-state index is -1.15. The lowest BCUT2D eigenvalue weighted by molar-refractivity contribution is -0.143. The SMILES string of the molecule is CC(C)CC(NC(=O)C(NC(=O)C(CCCN=C(N)N)NC(=O)C(N)C(C)C)C(C)C)C(=O)O. The van der Waals surface area contributed by atoms with Crippen LogP contribution in [0.25, 0.3) is 0 Å². The highest BCUT2D eigenvalue weighted by Gasteiger charge is 2.32. The first-order valence-corrected chi connectivity index (χ1v) is 11.6. The van der Waals surface area contributed by atoms with E-state index in [0.29, 0.717) is 6.42 Å². The van der Waals surface area contributed by atoms with Crippen LogP contribution in [0.3, 0.4) is 0 Å². The Morgan fingerprint density at radius 3 is 1.82 bits per heavy atom. The van der Waals surface area contributed by atoms with Crippen molar-refractivity contribution in [3.05, 3.63) is 0 Å². The zero-order valence-electron chi connectivity index (χ0n) is 21.1. The molecule has 4 unspecified atom stereocenters. The highest BCUT2D eigenvalue weighted by molar-refractivity contribution is 5.94. The summed E-state index contributed by atoms with van der Waals surface area (Å²) in [5, 5.41) is 17.2. The average Bonchev–Trinajstić information content (AvgIpc) is 2.71. The number of nitrogens with two attached hydrogens (primary N) is 3. The molecule has 10 N–H and O–H groups in total. The van der Waals surface area contributed by atoms with Crippen molar-refractivity contribution in [1.29, 1.82) is 0 Å². The predicted molar refractivity (Wildman–Crippen MR) is 130 cm³/mol. The Kier molecular flexibility index (Phi) is 13.8. The van der Waals surface area contributed by atoms with Crippen molar-refractivity contribution in [3.8, 4) is 0 Å². The van der Waals surface area contributed by atoms with Gasteiger partial charge in [-0.2, -0.15) is 0 Å². The van der Waals surface area contributed by atoms with Crippen LogP contribution < -0.4 is 33.2 Å². The molecule has 0 fully saturated rings. The molecule has 0 aliphatic rings. The molecule has 0 aromatic heterocycles. The molecule has 0 saturated heterocycles. The highest BCUT2D eigenvalue weighted by atomic mass is 16.4. The van der Waals surface area contributed by atoms with E-state index in [1.807, 2.05) is 13.8 Å². The Morgan fingerprint density at radius 1 is 0.824 bits per heavy atom. The third kappa shape index (κ3) is 11.8. The second kappa shape index (κ2) is 15.1. The van der Waals surface area contributed by atoms with Gasteiger partial charge in [0.1, 0.15) is 18.1 Å². The van der Waals surface area contributed by atoms with E-state index in [9.17, 15) is 24.3 Å². The molecule has 0 radical (unpaired) electrons. The third-order valence-corrected chi connectivity index (χ3v) is 5.17. The van der Waals surface area contributed by atoms with Crippen LogP contribution in [0, 0.1) is 17.8 Å². The minimum absolute atomic E-state index is 0.0449. The molecule has 0 aliphatic carbocycles. The van der Waals surface area contributed by atoms with Gasteiger partial charge in [-0.05, 0) is 37.0 Å². The van der Waals surface area contributed by atoms with E-state index in [1.165, 1.54) is 0 Å². The first-order chi connectivity index (χ1) is 15.7. The van der Waals surface area contributed by atoms with E-state index in [0.717, 1.165) is 0 Å². The van der Waals surface area contributed by atoms with E-state index >= 15 is 0 Å². The summed E-state index contributed by atoms with van der Waals surface area (Å²) in [6.45, 7) is 11.0. The van der Waals surface area contributed by atoms with Gasteiger partial charge in [-0.1, -0.05) is 41.5 Å². The summed E-state index contributed by atoms with van der Waals surface area (Å²) >= 11 is 0.